The summed E-state index contributed by atoms with van der Waals surface area (Å²) in [6.07, 6.45) is 8.77. The molecule has 0 N–H and O–H groups in total. The molecule has 0 spiro atoms. The number of methoxy groups -OCH3 is 1. The summed E-state index contributed by atoms with van der Waals surface area (Å²) in [6, 6.07) is 9.54. The van der Waals surface area contributed by atoms with Crippen molar-refractivity contribution < 1.29 is 9.53 Å². The third-order valence-corrected chi connectivity index (χ3v) is 5.20. The average Bonchev–Trinajstić information content (AvgIpc) is 3.56. The fourth-order valence-electron chi connectivity index (χ4n) is 3.61. The molecule has 4 rings (SSSR count). The maximum atomic E-state index is 13.2. The minimum atomic E-state index is -0.0890. The van der Waals surface area contributed by atoms with Crippen LogP contribution in [0.25, 0.3) is 17.2 Å². The number of hydrogen-bond acceptors (Lipinski definition) is 5. The molecule has 0 aliphatic heterocycles. The number of carbonyl (C=O) groups excluding carboxylic acids is 1. The minimum absolute atomic E-state index is 0.0890. The number of para-hydroxylation sites is 1. The molecule has 1 fully saturated rings. The number of aromatic nitrogens is 4. The van der Waals surface area contributed by atoms with Crippen molar-refractivity contribution in [2.45, 2.75) is 18.8 Å². The van der Waals surface area contributed by atoms with Crippen LogP contribution in [-0.4, -0.2) is 50.8 Å². The highest BCUT2D eigenvalue weighted by atomic mass is 16.5. The second-order valence-electron chi connectivity index (χ2n) is 7.36. The van der Waals surface area contributed by atoms with E-state index in [1.165, 1.54) is 0 Å². The smallest absolute Gasteiger partial charge is 0.257 e. The predicted octanol–water partition coefficient (Wildman–Crippen LogP) is 4.03. The molecular weight excluding hydrogens is 390 g/mol. The summed E-state index contributed by atoms with van der Waals surface area (Å²) in [5, 5.41) is 4.51. The highest BCUT2D eigenvalue weighted by Crippen LogP contribution is 2.42. The van der Waals surface area contributed by atoms with Crippen LogP contribution in [0.1, 0.15) is 34.8 Å². The molecule has 0 atom stereocenters. The summed E-state index contributed by atoms with van der Waals surface area (Å²) in [7, 11) is 1.63. The number of benzene rings is 1. The molecule has 1 saturated carbocycles. The third kappa shape index (κ3) is 4.12. The van der Waals surface area contributed by atoms with Crippen molar-refractivity contribution in [3.05, 3.63) is 79.3 Å². The van der Waals surface area contributed by atoms with Crippen LogP contribution in [0.5, 0.6) is 5.75 Å². The van der Waals surface area contributed by atoms with E-state index in [0.717, 1.165) is 35.5 Å². The minimum Gasteiger partial charge on any atom is -0.496 e. The first-order valence-corrected chi connectivity index (χ1v) is 10.2. The fraction of sp³-hybridized carbons (Fsp3) is 0.250. The zero-order chi connectivity index (χ0) is 21.8. The maximum absolute atomic E-state index is 13.2. The van der Waals surface area contributed by atoms with E-state index in [-0.39, 0.29) is 11.8 Å². The molecule has 2 aromatic heterocycles. The molecule has 1 amide bonds. The first-order chi connectivity index (χ1) is 15.2. The lowest BCUT2D eigenvalue weighted by molar-refractivity contribution is 0.0789. The van der Waals surface area contributed by atoms with Gasteiger partial charge in [-0.2, -0.15) is 5.10 Å². The summed E-state index contributed by atoms with van der Waals surface area (Å²) in [5.74, 6) is 1.35. The molecule has 1 aromatic carbocycles. The zero-order valence-electron chi connectivity index (χ0n) is 17.6. The maximum Gasteiger partial charge on any atom is 0.257 e. The monoisotopic (exact) mass is 415 g/mol. The Labute approximate surface area is 181 Å². The molecule has 3 aromatic rings. The van der Waals surface area contributed by atoms with E-state index >= 15 is 0 Å². The quantitative estimate of drug-likeness (QED) is 0.494. The standard InChI is InChI=1S/C24H25N5O2/c1-4-14-28(15-5-2)23(30)19-16-26-29(22(19)17-10-11-17)24-25-13-12-20(27-24)18-8-6-7-9-21(18)31-3/h4-9,12-13,16-17H,1-2,10-11,14-15H2,3H3. The van der Waals surface area contributed by atoms with Gasteiger partial charge in [-0.3, -0.25) is 4.79 Å². The SMILES string of the molecule is C=CCN(CC=C)C(=O)c1cnn(-c2nccc(-c3ccccc3OC)n2)c1C1CC1. The Bertz CT molecular complexity index is 1110. The lowest BCUT2D eigenvalue weighted by atomic mass is 10.1. The van der Waals surface area contributed by atoms with Crippen molar-refractivity contribution in [2.24, 2.45) is 0 Å². The van der Waals surface area contributed by atoms with Crippen LogP contribution in [0.2, 0.25) is 0 Å². The Hall–Kier alpha value is -3.74. The van der Waals surface area contributed by atoms with Crippen molar-refractivity contribution in [1.82, 2.24) is 24.6 Å². The Morgan fingerprint density at radius 1 is 1.23 bits per heavy atom. The topological polar surface area (TPSA) is 73.1 Å². The Morgan fingerprint density at radius 3 is 2.65 bits per heavy atom. The lowest BCUT2D eigenvalue weighted by Crippen LogP contribution is -2.31. The van der Waals surface area contributed by atoms with Crippen molar-refractivity contribution in [3.63, 3.8) is 0 Å². The molecule has 0 saturated heterocycles. The van der Waals surface area contributed by atoms with Gasteiger partial charge >= 0.3 is 0 Å². The molecule has 0 bridgehead atoms. The van der Waals surface area contributed by atoms with Gasteiger partial charge in [0.2, 0.25) is 0 Å². The molecule has 2 heterocycles. The van der Waals surface area contributed by atoms with Gasteiger partial charge in [0.15, 0.2) is 0 Å². The van der Waals surface area contributed by atoms with Gasteiger partial charge in [0.1, 0.15) is 5.75 Å². The highest BCUT2D eigenvalue weighted by molar-refractivity contribution is 5.95. The van der Waals surface area contributed by atoms with Gasteiger partial charge in [0, 0.05) is 30.8 Å². The van der Waals surface area contributed by atoms with Crippen LogP contribution >= 0.6 is 0 Å². The van der Waals surface area contributed by atoms with Crippen LogP contribution in [0, 0.1) is 0 Å². The number of amides is 1. The van der Waals surface area contributed by atoms with Gasteiger partial charge in [-0.25, -0.2) is 14.6 Å². The molecule has 0 unspecified atom stereocenters. The summed E-state index contributed by atoms with van der Waals surface area (Å²) in [6.45, 7) is 8.40. The number of carbonyl (C=O) groups is 1. The number of nitrogens with zero attached hydrogens (tertiary/aromatic N) is 5. The average molecular weight is 415 g/mol. The van der Waals surface area contributed by atoms with E-state index in [1.807, 2.05) is 30.3 Å². The molecule has 31 heavy (non-hydrogen) atoms. The van der Waals surface area contributed by atoms with E-state index < -0.39 is 0 Å². The molecule has 1 aliphatic carbocycles. The molecule has 7 heteroatoms. The van der Waals surface area contributed by atoms with E-state index in [4.69, 9.17) is 9.72 Å². The van der Waals surface area contributed by atoms with Crippen LogP contribution in [-0.2, 0) is 0 Å². The van der Waals surface area contributed by atoms with Gasteiger partial charge in [0.25, 0.3) is 11.9 Å². The Balaban J connectivity index is 1.75. The van der Waals surface area contributed by atoms with E-state index in [0.29, 0.717) is 24.6 Å². The van der Waals surface area contributed by atoms with Gasteiger partial charge < -0.3 is 9.64 Å². The molecule has 158 valence electrons. The van der Waals surface area contributed by atoms with Crippen molar-refractivity contribution in [1.29, 1.82) is 0 Å². The van der Waals surface area contributed by atoms with Crippen molar-refractivity contribution in [2.75, 3.05) is 20.2 Å². The van der Waals surface area contributed by atoms with Gasteiger partial charge in [0.05, 0.1) is 30.3 Å². The van der Waals surface area contributed by atoms with Crippen molar-refractivity contribution >= 4 is 5.91 Å². The second kappa shape index (κ2) is 8.95. The Kier molecular flexibility index (Phi) is 5.93. The predicted molar refractivity (Wildman–Crippen MR) is 119 cm³/mol. The molecule has 0 radical (unpaired) electrons. The van der Waals surface area contributed by atoms with Crippen LogP contribution in [0.4, 0.5) is 0 Å². The summed E-state index contributed by atoms with van der Waals surface area (Å²) in [4.78, 5) is 24.1. The van der Waals surface area contributed by atoms with Gasteiger partial charge in [-0.1, -0.05) is 24.3 Å². The van der Waals surface area contributed by atoms with Crippen LogP contribution in [0.3, 0.4) is 0 Å². The third-order valence-electron chi connectivity index (χ3n) is 5.20. The summed E-state index contributed by atoms with van der Waals surface area (Å²) < 4.78 is 7.17. The largest absolute Gasteiger partial charge is 0.496 e. The van der Waals surface area contributed by atoms with Crippen molar-refractivity contribution in [3.8, 4) is 23.0 Å². The second-order valence-corrected chi connectivity index (χ2v) is 7.36. The summed E-state index contributed by atoms with van der Waals surface area (Å²) >= 11 is 0. The van der Waals surface area contributed by atoms with Gasteiger partial charge in [-0.05, 0) is 31.0 Å². The lowest BCUT2D eigenvalue weighted by Gasteiger charge is -2.19. The van der Waals surface area contributed by atoms with Gasteiger partial charge in [-0.15, -0.1) is 13.2 Å². The number of hydrogen-bond donors (Lipinski definition) is 0. The number of ether oxygens (including phenoxy) is 1. The van der Waals surface area contributed by atoms with Crippen LogP contribution in [0.15, 0.2) is 68.0 Å². The summed E-state index contributed by atoms with van der Waals surface area (Å²) in [5.41, 5.74) is 3.04. The number of rotatable bonds is 9. The highest BCUT2D eigenvalue weighted by Gasteiger charge is 2.34. The first-order valence-electron chi connectivity index (χ1n) is 10.2. The first kappa shape index (κ1) is 20.5. The van der Waals surface area contributed by atoms with E-state index in [2.05, 4.69) is 23.2 Å². The van der Waals surface area contributed by atoms with E-state index in [9.17, 15) is 4.79 Å². The molecule has 1 aliphatic rings. The fourth-order valence-corrected chi connectivity index (χ4v) is 3.61. The molecular formula is C24H25N5O2. The normalized spacial score (nSPS) is 12.9. The van der Waals surface area contributed by atoms with Crippen LogP contribution < -0.4 is 4.74 Å². The molecule has 7 nitrogen and oxygen atoms in total. The Morgan fingerprint density at radius 2 is 1.97 bits per heavy atom. The zero-order valence-corrected chi connectivity index (χ0v) is 17.6. The van der Waals surface area contributed by atoms with E-state index in [1.54, 1.807) is 41.2 Å².